The second kappa shape index (κ2) is 4.34. The molecule has 0 aliphatic rings. The van der Waals surface area contributed by atoms with E-state index in [1.165, 1.54) is 0 Å². The summed E-state index contributed by atoms with van der Waals surface area (Å²) in [6.45, 7) is 5.45. The molecule has 0 heterocycles. The molecule has 0 N–H and O–H groups in total. The zero-order valence-corrected chi connectivity index (χ0v) is 7.16. The quantitative estimate of drug-likeness (QED) is 0.459. The third kappa shape index (κ3) is 2.87. The molecule has 0 radical (unpaired) electrons. The maximum absolute atomic E-state index is 10.8. The summed E-state index contributed by atoms with van der Waals surface area (Å²) >= 11 is 5.54. The summed E-state index contributed by atoms with van der Waals surface area (Å²) in [5.74, 6) is -0.338. The normalized spacial score (nSPS) is 12.4. The molecule has 0 saturated heterocycles. The van der Waals surface area contributed by atoms with Gasteiger partial charge in [-0.15, -0.1) is 0 Å². The number of allylic oxidation sites excluding steroid dienone is 1. The zero-order chi connectivity index (χ0) is 8.15. The summed E-state index contributed by atoms with van der Waals surface area (Å²) in [5.41, 5.74) is 0.475. The van der Waals surface area contributed by atoms with Crippen LogP contribution in [0.4, 0.5) is 0 Å². The minimum absolute atomic E-state index is 0.338. The Morgan fingerprint density at radius 2 is 2.00 bits per heavy atom. The Labute approximate surface area is 65.8 Å². The molecule has 0 aromatic heterocycles. The lowest BCUT2D eigenvalue weighted by molar-refractivity contribution is -0.138. The fraction of sp³-hybridized carbons (Fsp3) is 0.571. The van der Waals surface area contributed by atoms with Crippen molar-refractivity contribution in [3.05, 3.63) is 10.6 Å². The van der Waals surface area contributed by atoms with Crippen LogP contribution in [0.25, 0.3) is 0 Å². The zero-order valence-electron chi connectivity index (χ0n) is 6.40. The Bertz CT molecular complexity index is 157. The summed E-state index contributed by atoms with van der Waals surface area (Å²) in [6.07, 6.45) is 0. The van der Waals surface area contributed by atoms with Gasteiger partial charge in [0.25, 0.3) is 0 Å². The van der Waals surface area contributed by atoms with Gasteiger partial charge < -0.3 is 4.74 Å². The highest BCUT2D eigenvalue weighted by atomic mass is 35.5. The fourth-order valence-electron chi connectivity index (χ4n) is 0.380. The van der Waals surface area contributed by atoms with E-state index in [4.69, 9.17) is 11.6 Å². The Kier molecular flexibility index (Phi) is 4.12. The van der Waals surface area contributed by atoms with Gasteiger partial charge in [-0.1, -0.05) is 11.6 Å². The van der Waals surface area contributed by atoms with Crippen LogP contribution in [0, 0.1) is 0 Å². The van der Waals surface area contributed by atoms with E-state index in [1.807, 2.05) is 0 Å². The number of rotatable bonds is 2. The summed E-state index contributed by atoms with van der Waals surface area (Å²) in [5, 5.41) is 0.485. The number of esters is 1. The van der Waals surface area contributed by atoms with Crippen LogP contribution in [0.15, 0.2) is 10.6 Å². The molecule has 10 heavy (non-hydrogen) atoms. The number of ether oxygens (including phenoxy) is 1. The van der Waals surface area contributed by atoms with Crippen molar-refractivity contribution in [3.63, 3.8) is 0 Å². The van der Waals surface area contributed by atoms with Gasteiger partial charge in [-0.2, -0.15) is 0 Å². The van der Waals surface area contributed by atoms with Gasteiger partial charge >= 0.3 is 5.97 Å². The van der Waals surface area contributed by atoms with E-state index in [-0.39, 0.29) is 5.97 Å². The van der Waals surface area contributed by atoms with E-state index in [9.17, 15) is 4.79 Å². The molecule has 0 aromatic rings. The van der Waals surface area contributed by atoms with Gasteiger partial charge in [-0.3, -0.25) is 0 Å². The van der Waals surface area contributed by atoms with Crippen LogP contribution < -0.4 is 0 Å². The van der Waals surface area contributed by atoms with E-state index < -0.39 is 0 Å². The van der Waals surface area contributed by atoms with Gasteiger partial charge in [0.05, 0.1) is 6.61 Å². The lowest BCUT2D eigenvalue weighted by Gasteiger charge is -2.00. The average molecular weight is 163 g/mol. The van der Waals surface area contributed by atoms with E-state index in [1.54, 1.807) is 20.8 Å². The smallest absolute Gasteiger partial charge is 0.334 e. The first-order valence-electron chi connectivity index (χ1n) is 3.09. The Balaban J connectivity index is 4.09. The highest BCUT2D eigenvalue weighted by Gasteiger charge is 2.05. The molecule has 0 amide bonds. The lowest BCUT2D eigenvalue weighted by Crippen LogP contribution is -2.05. The summed E-state index contributed by atoms with van der Waals surface area (Å²) in [4.78, 5) is 10.8. The van der Waals surface area contributed by atoms with Crippen molar-refractivity contribution in [2.24, 2.45) is 0 Å². The predicted octanol–water partition coefficient (Wildman–Crippen LogP) is 2.08. The van der Waals surface area contributed by atoms with Crippen LogP contribution in [0.3, 0.4) is 0 Å². The Morgan fingerprint density at radius 1 is 1.50 bits per heavy atom. The number of halogens is 1. The van der Waals surface area contributed by atoms with E-state index >= 15 is 0 Å². The van der Waals surface area contributed by atoms with Crippen molar-refractivity contribution >= 4 is 17.6 Å². The molecule has 0 saturated carbocycles. The Morgan fingerprint density at radius 3 is 2.30 bits per heavy atom. The second-order valence-corrected chi connectivity index (χ2v) is 2.45. The third-order valence-electron chi connectivity index (χ3n) is 1.10. The lowest BCUT2D eigenvalue weighted by atomic mass is 10.3. The number of carbonyl (C=O) groups is 1. The predicted molar refractivity (Wildman–Crippen MR) is 40.9 cm³/mol. The fourth-order valence-corrected chi connectivity index (χ4v) is 0.457. The molecule has 58 valence electrons. The first-order chi connectivity index (χ1) is 4.59. The van der Waals surface area contributed by atoms with Crippen LogP contribution >= 0.6 is 11.6 Å². The number of hydrogen-bond acceptors (Lipinski definition) is 2. The molecule has 0 aliphatic carbocycles. The molecule has 0 unspecified atom stereocenters. The van der Waals surface area contributed by atoms with Gasteiger partial charge in [0, 0.05) is 10.6 Å². The van der Waals surface area contributed by atoms with Gasteiger partial charge in [-0.25, -0.2) is 4.79 Å². The second-order valence-electron chi connectivity index (χ2n) is 1.88. The third-order valence-corrected chi connectivity index (χ3v) is 1.38. The standard InChI is InChI=1S/C7H11ClO2/c1-4-10-7(9)5(2)6(3)8/h4H2,1-3H3/b6-5+. The number of hydrogen-bond donors (Lipinski definition) is 0. The highest BCUT2D eigenvalue weighted by molar-refractivity contribution is 6.31. The molecule has 0 atom stereocenters. The minimum atomic E-state index is -0.338. The minimum Gasteiger partial charge on any atom is -0.463 e. The van der Waals surface area contributed by atoms with Gasteiger partial charge in [0.1, 0.15) is 0 Å². The van der Waals surface area contributed by atoms with E-state index in [0.717, 1.165) is 0 Å². The maximum atomic E-state index is 10.8. The van der Waals surface area contributed by atoms with Crippen molar-refractivity contribution in [1.29, 1.82) is 0 Å². The molecular formula is C7H11ClO2. The van der Waals surface area contributed by atoms with Gasteiger partial charge in [-0.05, 0) is 20.8 Å². The molecule has 0 fully saturated rings. The molecule has 3 heteroatoms. The number of carbonyl (C=O) groups excluding carboxylic acids is 1. The SMILES string of the molecule is CCOC(=O)/C(C)=C(\C)Cl. The van der Waals surface area contributed by atoms with Crippen molar-refractivity contribution in [2.75, 3.05) is 6.61 Å². The molecule has 0 rings (SSSR count). The highest BCUT2D eigenvalue weighted by Crippen LogP contribution is 2.08. The van der Waals surface area contributed by atoms with Crippen molar-refractivity contribution < 1.29 is 9.53 Å². The van der Waals surface area contributed by atoms with Crippen LogP contribution in [0.2, 0.25) is 0 Å². The topological polar surface area (TPSA) is 26.3 Å². The maximum Gasteiger partial charge on any atom is 0.334 e. The summed E-state index contributed by atoms with van der Waals surface area (Å²) in [6, 6.07) is 0. The molecule has 0 aliphatic heterocycles. The molecule has 2 nitrogen and oxygen atoms in total. The molecule has 0 bridgehead atoms. The van der Waals surface area contributed by atoms with Crippen LogP contribution in [-0.4, -0.2) is 12.6 Å². The monoisotopic (exact) mass is 162 g/mol. The average Bonchev–Trinajstić information content (AvgIpc) is 1.87. The summed E-state index contributed by atoms with van der Waals surface area (Å²) < 4.78 is 4.68. The first kappa shape index (κ1) is 9.50. The van der Waals surface area contributed by atoms with Crippen LogP contribution in [0.1, 0.15) is 20.8 Å². The van der Waals surface area contributed by atoms with Crippen molar-refractivity contribution in [2.45, 2.75) is 20.8 Å². The summed E-state index contributed by atoms with van der Waals surface area (Å²) in [7, 11) is 0. The molecular weight excluding hydrogens is 152 g/mol. The molecule has 0 aromatic carbocycles. The largest absolute Gasteiger partial charge is 0.463 e. The van der Waals surface area contributed by atoms with E-state index in [2.05, 4.69) is 4.74 Å². The Hall–Kier alpha value is -0.500. The van der Waals surface area contributed by atoms with Crippen molar-refractivity contribution in [1.82, 2.24) is 0 Å². The van der Waals surface area contributed by atoms with Gasteiger partial charge in [0.2, 0.25) is 0 Å². The van der Waals surface area contributed by atoms with E-state index in [0.29, 0.717) is 17.2 Å². The van der Waals surface area contributed by atoms with Gasteiger partial charge in [0.15, 0.2) is 0 Å². The van der Waals surface area contributed by atoms with Crippen LogP contribution in [-0.2, 0) is 9.53 Å². The first-order valence-corrected chi connectivity index (χ1v) is 3.47. The van der Waals surface area contributed by atoms with Crippen molar-refractivity contribution in [3.8, 4) is 0 Å². The molecule has 0 spiro atoms. The van der Waals surface area contributed by atoms with Crippen LogP contribution in [0.5, 0.6) is 0 Å².